The molecule has 2 aliphatic carbocycles. The number of esters is 2. The Morgan fingerprint density at radius 1 is 0.667 bits per heavy atom. The van der Waals surface area contributed by atoms with Crippen LogP contribution in [0.15, 0.2) is 60.7 Å². The van der Waals surface area contributed by atoms with E-state index in [4.69, 9.17) is 33.7 Å². The first-order chi connectivity index (χ1) is 36.7. The van der Waals surface area contributed by atoms with Crippen LogP contribution in [0.25, 0.3) is 0 Å². The summed E-state index contributed by atoms with van der Waals surface area (Å²) in [5.74, 6) is -1.55. The van der Waals surface area contributed by atoms with Gasteiger partial charge in [-0.05, 0) is 205 Å². The molecule has 12 nitrogen and oxygen atoms in total. The van der Waals surface area contributed by atoms with Crippen molar-refractivity contribution in [2.75, 3.05) is 66.8 Å². The molecule has 1 N–H and O–H groups in total. The minimum atomic E-state index is -0.669. The summed E-state index contributed by atoms with van der Waals surface area (Å²) >= 11 is 3.25. The van der Waals surface area contributed by atoms with Crippen LogP contribution in [0.2, 0.25) is 0 Å². The Bertz CT molecular complexity index is 2450. The van der Waals surface area contributed by atoms with E-state index in [-0.39, 0.29) is 35.9 Å². The van der Waals surface area contributed by atoms with Crippen molar-refractivity contribution in [3.8, 4) is 0 Å². The number of halogens is 3. The number of fused-ring (bicyclic) bond motifs is 2. The molecule has 0 saturated carbocycles. The van der Waals surface area contributed by atoms with Crippen molar-refractivity contribution in [2.24, 2.45) is 0 Å². The summed E-state index contributed by atoms with van der Waals surface area (Å²) in [5, 5.41) is 3.33. The van der Waals surface area contributed by atoms with Gasteiger partial charge in [-0.1, -0.05) is 40.2 Å². The molecule has 2 aromatic heterocycles. The molecule has 2 aromatic carbocycles. The first-order valence-electron chi connectivity index (χ1n) is 27.9. The highest BCUT2D eigenvalue weighted by molar-refractivity contribution is 9.09. The highest BCUT2D eigenvalue weighted by Gasteiger charge is 2.38. The second-order valence-electron chi connectivity index (χ2n) is 20.8. The molecule has 6 aliphatic rings. The maximum atomic E-state index is 14.3. The number of pyridine rings is 2. The van der Waals surface area contributed by atoms with Gasteiger partial charge in [0.05, 0.1) is 38.6 Å². The highest BCUT2D eigenvalue weighted by Crippen LogP contribution is 2.39. The SMILES string of the molecule is COC(=O)C(Br)c1cc(F)ccc1C1CCCO1.COC(=O)C(c1cc(F)ccc1C1CCCO1)N1CC[C@@H](OCCCCc2ccc3c(n2)CCCC3)C1.c1cc2c(nc1CCCCO[C@@H]1CCNC1)CCCC2. The maximum absolute atomic E-state index is 14.3. The lowest BCUT2D eigenvalue weighted by molar-refractivity contribution is -0.147. The second-order valence-corrected chi connectivity index (χ2v) is 21.7. The van der Waals surface area contributed by atoms with Gasteiger partial charge in [0, 0.05) is 68.8 Å². The number of carbonyl (C=O) groups excluding carboxylic acids is 2. The number of hydrogen-bond donors (Lipinski definition) is 1. The zero-order chi connectivity index (χ0) is 52.4. The number of unbranched alkanes of at least 4 members (excludes halogenated alkanes) is 2. The van der Waals surface area contributed by atoms with Crippen LogP contribution in [0.5, 0.6) is 0 Å². The summed E-state index contributed by atoms with van der Waals surface area (Å²) in [4.78, 5) is 35.6. The molecular formula is C60H79BrF2N4O8. The van der Waals surface area contributed by atoms with Crippen LogP contribution in [0.1, 0.15) is 169 Å². The van der Waals surface area contributed by atoms with Gasteiger partial charge in [-0.3, -0.25) is 19.7 Å². The second kappa shape index (κ2) is 29.5. The van der Waals surface area contributed by atoms with Gasteiger partial charge in [0.2, 0.25) is 0 Å². The van der Waals surface area contributed by atoms with Gasteiger partial charge in [-0.2, -0.15) is 0 Å². The summed E-state index contributed by atoms with van der Waals surface area (Å²) in [7, 11) is 2.70. The van der Waals surface area contributed by atoms with E-state index in [1.165, 1.54) is 130 Å². The summed E-state index contributed by atoms with van der Waals surface area (Å²) in [6.07, 6.45) is 22.3. The van der Waals surface area contributed by atoms with Crippen molar-refractivity contribution in [3.05, 3.63) is 128 Å². The Labute approximate surface area is 451 Å². The Hall–Kier alpha value is -4.22. The fourth-order valence-electron chi connectivity index (χ4n) is 11.3. The number of likely N-dealkylation sites (tertiary alicyclic amines) is 1. The zero-order valence-corrected chi connectivity index (χ0v) is 45.9. The molecule has 4 unspecified atom stereocenters. The number of hydrogen-bond acceptors (Lipinski definition) is 12. The number of alkyl halides is 1. The van der Waals surface area contributed by atoms with E-state index in [0.29, 0.717) is 50.1 Å². The number of aromatic nitrogens is 2. The minimum Gasteiger partial charge on any atom is -0.468 e. The average molecular weight is 1100 g/mol. The number of nitrogens with one attached hydrogen (secondary N) is 1. The summed E-state index contributed by atoms with van der Waals surface area (Å²) in [5.41, 5.74) is 11.0. The Kier molecular flexibility index (Phi) is 22.4. The van der Waals surface area contributed by atoms with Crippen molar-refractivity contribution < 1.29 is 46.8 Å². The molecule has 75 heavy (non-hydrogen) atoms. The molecule has 0 spiro atoms. The molecule has 4 aliphatic heterocycles. The summed E-state index contributed by atoms with van der Waals surface area (Å²) < 4.78 is 61.0. The quantitative estimate of drug-likeness (QED) is 0.0545. The van der Waals surface area contributed by atoms with Gasteiger partial charge in [0.25, 0.3) is 0 Å². The van der Waals surface area contributed by atoms with Gasteiger partial charge in [-0.25, -0.2) is 13.6 Å². The predicted octanol–water partition coefficient (Wildman–Crippen LogP) is 11.2. The van der Waals surface area contributed by atoms with Crippen LogP contribution in [0.4, 0.5) is 8.78 Å². The lowest BCUT2D eigenvalue weighted by Gasteiger charge is -2.29. The molecule has 15 heteroatoms. The van der Waals surface area contributed by atoms with Crippen molar-refractivity contribution >= 4 is 27.9 Å². The van der Waals surface area contributed by atoms with E-state index in [2.05, 4.69) is 55.1 Å². The molecule has 0 amide bonds. The molecule has 4 fully saturated rings. The van der Waals surface area contributed by atoms with Crippen LogP contribution in [0, 0.1) is 11.6 Å². The number of methoxy groups -OCH3 is 2. The highest BCUT2D eigenvalue weighted by atomic mass is 79.9. The monoisotopic (exact) mass is 1100 g/mol. The standard InChI is InChI=1S/C30H39FN2O4.C17H26N2O.C13H14BrFO3/c1-35-30(34)29(26-19-22(31)12-14-25(26)28-10-6-18-37-28)33-16-15-24(20-33)36-17-5-4-8-23-13-11-21-7-2-3-9-27(21)32-23;1-2-7-17-14(5-1)8-9-15(19-17)6-3-4-12-20-16-10-11-18-13-16;1-17-13(16)12(14)10-7-8(15)4-5-9(10)11-3-2-6-18-11/h11-14,19,24,28-29H,2-10,15-18,20H2,1H3;8-9,16,18H,1-7,10-13H2;4-5,7,11-12H,2-3,6H2,1H3/t24-,28?,29?;16-;/m11./s1. The van der Waals surface area contributed by atoms with Crippen LogP contribution in [-0.2, 0) is 76.5 Å². The number of carbonyl (C=O) groups is 2. The molecular weight excluding hydrogens is 1020 g/mol. The van der Waals surface area contributed by atoms with E-state index in [9.17, 15) is 18.4 Å². The first kappa shape index (κ1) is 57.0. The minimum absolute atomic E-state index is 0.0498. The third-order valence-corrected chi connectivity index (χ3v) is 16.3. The third-order valence-electron chi connectivity index (χ3n) is 15.4. The zero-order valence-electron chi connectivity index (χ0n) is 44.3. The molecule has 4 aromatic rings. The number of nitrogens with zero attached hydrogens (tertiary/aromatic N) is 3. The van der Waals surface area contributed by atoms with E-state index < -0.39 is 16.8 Å². The van der Waals surface area contributed by atoms with Gasteiger partial charge in [0.1, 0.15) is 22.5 Å². The molecule has 0 bridgehead atoms. The summed E-state index contributed by atoms with van der Waals surface area (Å²) in [6, 6.07) is 17.4. The fourth-order valence-corrected chi connectivity index (χ4v) is 11.9. The number of aryl methyl sites for hydroxylation is 6. The molecule has 6 atom stereocenters. The van der Waals surface area contributed by atoms with Crippen LogP contribution in [0.3, 0.4) is 0 Å². The lowest BCUT2D eigenvalue weighted by atomic mass is 9.94. The van der Waals surface area contributed by atoms with Crippen LogP contribution < -0.4 is 5.32 Å². The Morgan fingerprint density at radius 3 is 1.75 bits per heavy atom. The number of rotatable bonds is 19. The Morgan fingerprint density at radius 2 is 1.21 bits per heavy atom. The van der Waals surface area contributed by atoms with Gasteiger partial charge < -0.3 is 33.7 Å². The third kappa shape index (κ3) is 16.4. The predicted molar refractivity (Wildman–Crippen MR) is 288 cm³/mol. The molecule has 10 rings (SSSR count). The van der Waals surface area contributed by atoms with Gasteiger partial charge in [0.15, 0.2) is 0 Å². The molecule has 408 valence electrons. The van der Waals surface area contributed by atoms with Crippen LogP contribution >= 0.6 is 15.9 Å². The van der Waals surface area contributed by atoms with E-state index in [0.717, 1.165) is 101 Å². The number of benzene rings is 2. The molecule has 0 radical (unpaired) electrons. The van der Waals surface area contributed by atoms with E-state index in [1.807, 2.05) is 0 Å². The first-order valence-corrected chi connectivity index (χ1v) is 28.8. The van der Waals surface area contributed by atoms with Crippen molar-refractivity contribution in [3.63, 3.8) is 0 Å². The maximum Gasteiger partial charge on any atom is 0.327 e. The number of ether oxygens (including phenoxy) is 6. The molecule has 4 saturated heterocycles. The van der Waals surface area contributed by atoms with Gasteiger partial charge in [-0.15, -0.1) is 0 Å². The van der Waals surface area contributed by atoms with E-state index in [1.54, 1.807) is 12.1 Å². The smallest absolute Gasteiger partial charge is 0.327 e. The van der Waals surface area contributed by atoms with Crippen LogP contribution in [-0.4, -0.2) is 106 Å². The van der Waals surface area contributed by atoms with Crippen molar-refractivity contribution in [2.45, 2.75) is 164 Å². The van der Waals surface area contributed by atoms with Gasteiger partial charge >= 0.3 is 11.9 Å². The van der Waals surface area contributed by atoms with E-state index >= 15 is 0 Å². The largest absolute Gasteiger partial charge is 0.468 e. The Balaban J connectivity index is 0.000000165. The molecule has 6 heterocycles. The topological polar surface area (TPSA) is 131 Å². The van der Waals surface area contributed by atoms with Crippen molar-refractivity contribution in [1.82, 2.24) is 20.2 Å². The summed E-state index contributed by atoms with van der Waals surface area (Å²) in [6.45, 7) is 6.44. The normalized spacial score (nSPS) is 22.0. The fraction of sp³-hybridized carbons (Fsp3) is 0.600. The van der Waals surface area contributed by atoms with Crippen molar-refractivity contribution in [1.29, 1.82) is 0 Å². The average Bonchev–Trinajstić information content (AvgIpc) is 4.32. The lowest BCUT2D eigenvalue weighted by Crippen LogP contribution is -2.35.